The molecule has 1 heterocycles. The number of hydrogen-bond acceptors (Lipinski definition) is 1. The highest BCUT2D eigenvalue weighted by atomic mass is 15.1. The second-order valence-corrected chi connectivity index (χ2v) is 5.02. The minimum absolute atomic E-state index is 0.538. The molecule has 0 atom stereocenters. The summed E-state index contributed by atoms with van der Waals surface area (Å²) in [5, 5.41) is 7.72. The van der Waals surface area contributed by atoms with Crippen LogP contribution in [0.4, 0.5) is 0 Å². The molecule has 0 radical (unpaired) electrons. The van der Waals surface area contributed by atoms with Crippen molar-refractivity contribution in [3.63, 3.8) is 0 Å². The lowest BCUT2D eigenvalue weighted by atomic mass is 9.94. The van der Waals surface area contributed by atoms with E-state index < -0.39 is 0 Å². The zero-order valence-corrected chi connectivity index (χ0v) is 9.59. The summed E-state index contributed by atoms with van der Waals surface area (Å²) in [6, 6.07) is 0. The first-order valence-corrected chi connectivity index (χ1v) is 5.69. The molecule has 1 aromatic heterocycles. The predicted octanol–water partition coefficient (Wildman–Crippen LogP) is 3.53. The zero-order chi connectivity index (χ0) is 10.3. The Kier molecular flexibility index (Phi) is 2.38. The lowest BCUT2D eigenvalue weighted by Gasteiger charge is -2.10. The van der Waals surface area contributed by atoms with Crippen molar-refractivity contribution in [2.24, 2.45) is 0 Å². The van der Waals surface area contributed by atoms with Gasteiger partial charge in [0.2, 0.25) is 0 Å². The lowest BCUT2D eigenvalue weighted by molar-refractivity contribution is 0.764. The highest BCUT2D eigenvalue weighted by molar-refractivity contribution is 5.34. The van der Waals surface area contributed by atoms with E-state index in [4.69, 9.17) is 0 Å². The first-order chi connectivity index (χ1) is 6.61. The van der Waals surface area contributed by atoms with Crippen LogP contribution in [0.2, 0.25) is 0 Å². The maximum atomic E-state index is 4.47. The minimum atomic E-state index is 0.538. The number of aromatic amines is 1. The molecule has 1 aromatic rings. The van der Waals surface area contributed by atoms with Gasteiger partial charge < -0.3 is 0 Å². The van der Waals surface area contributed by atoms with Crippen molar-refractivity contribution in [3.8, 4) is 0 Å². The first-order valence-electron chi connectivity index (χ1n) is 5.69. The molecular formula is C12H20N2. The van der Waals surface area contributed by atoms with Gasteiger partial charge in [0.1, 0.15) is 0 Å². The average molecular weight is 192 g/mol. The zero-order valence-electron chi connectivity index (χ0n) is 9.59. The predicted molar refractivity (Wildman–Crippen MR) is 58.7 cm³/mol. The molecule has 1 aliphatic carbocycles. The van der Waals surface area contributed by atoms with Gasteiger partial charge in [-0.05, 0) is 30.2 Å². The van der Waals surface area contributed by atoms with Crippen LogP contribution in [0.3, 0.4) is 0 Å². The van der Waals surface area contributed by atoms with Gasteiger partial charge in [0.25, 0.3) is 0 Å². The fourth-order valence-electron chi connectivity index (χ4n) is 2.11. The fourth-order valence-corrected chi connectivity index (χ4v) is 2.11. The summed E-state index contributed by atoms with van der Waals surface area (Å²) in [7, 11) is 0. The molecule has 2 rings (SSSR count). The van der Waals surface area contributed by atoms with Crippen molar-refractivity contribution in [2.75, 3.05) is 0 Å². The average Bonchev–Trinajstić information content (AvgIpc) is 2.83. The summed E-state index contributed by atoms with van der Waals surface area (Å²) >= 11 is 0. The molecule has 14 heavy (non-hydrogen) atoms. The molecule has 0 amide bonds. The van der Waals surface area contributed by atoms with Crippen LogP contribution in [0.15, 0.2) is 0 Å². The molecule has 2 heteroatoms. The summed E-state index contributed by atoms with van der Waals surface area (Å²) in [6.45, 7) is 8.97. The van der Waals surface area contributed by atoms with E-state index in [2.05, 4.69) is 37.9 Å². The van der Waals surface area contributed by atoms with Crippen molar-refractivity contribution in [1.82, 2.24) is 10.2 Å². The van der Waals surface area contributed by atoms with E-state index in [9.17, 15) is 0 Å². The molecule has 0 saturated heterocycles. The Morgan fingerprint density at radius 3 is 2.21 bits per heavy atom. The van der Waals surface area contributed by atoms with Crippen LogP contribution in [0.5, 0.6) is 0 Å². The number of H-pyrrole nitrogens is 1. The Hall–Kier alpha value is -0.790. The molecule has 2 nitrogen and oxygen atoms in total. The smallest absolute Gasteiger partial charge is 0.0685 e. The van der Waals surface area contributed by atoms with Gasteiger partial charge in [-0.25, -0.2) is 0 Å². The second-order valence-electron chi connectivity index (χ2n) is 5.02. The maximum absolute atomic E-state index is 4.47. The first kappa shape index (κ1) is 9.75. The van der Waals surface area contributed by atoms with Crippen molar-refractivity contribution in [2.45, 2.75) is 58.3 Å². The molecule has 0 bridgehead atoms. The van der Waals surface area contributed by atoms with E-state index in [1.165, 1.54) is 29.8 Å². The van der Waals surface area contributed by atoms with Crippen LogP contribution in [0.1, 0.15) is 75.2 Å². The molecule has 1 N–H and O–H groups in total. The Morgan fingerprint density at radius 2 is 1.79 bits per heavy atom. The Bertz CT molecular complexity index is 300. The van der Waals surface area contributed by atoms with E-state index in [0.717, 1.165) is 5.92 Å². The highest BCUT2D eigenvalue weighted by Gasteiger charge is 2.30. The van der Waals surface area contributed by atoms with Crippen LogP contribution in [-0.4, -0.2) is 10.2 Å². The maximum Gasteiger partial charge on any atom is 0.0685 e. The second kappa shape index (κ2) is 3.41. The largest absolute Gasteiger partial charge is 0.282 e. The molecule has 0 aliphatic heterocycles. The molecule has 0 unspecified atom stereocenters. The van der Waals surface area contributed by atoms with Crippen molar-refractivity contribution in [3.05, 3.63) is 17.0 Å². The van der Waals surface area contributed by atoms with E-state index >= 15 is 0 Å². The Labute approximate surface area is 86.1 Å². The van der Waals surface area contributed by atoms with Crippen LogP contribution in [-0.2, 0) is 0 Å². The van der Waals surface area contributed by atoms with Gasteiger partial charge in [-0.15, -0.1) is 0 Å². The van der Waals surface area contributed by atoms with E-state index in [-0.39, 0.29) is 0 Å². The van der Waals surface area contributed by atoms with Gasteiger partial charge in [-0.2, -0.15) is 5.10 Å². The molecule has 1 saturated carbocycles. The number of rotatable bonds is 3. The molecule has 0 spiro atoms. The van der Waals surface area contributed by atoms with Gasteiger partial charge in [-0.1, -0.05) is 27.7 Å². The summed E-state index contributed by atoms with van der Waals surface area (Å²) in [4.78, 5) is 0. The number of nitrogens with one attached hydrogen (secondary N) is 1. The number of aromatic nitrogens is 2. The van der Waals surface area contributed by atoms with E-state index in [1.54, 1.807) is 0 Å². The third-order valence-corrected chi connectivity index (χ3v) is 2.97. The van der Waals surface area contributed by atoms with Gasteiger partial charge in [0.15, 0.2) is 0 Å². The minimum Gasteiger partial charge on any atom is -0.282 e. The molecular weight excluding hydrogens is 172 g/mol. The lowest BCUT2D eigenvalue weighted by Crippen LogP contribution is -1.98. The number of nitrogens with zero attached hydrogens (tertiary/aromatic N) is 1. The molecule has 0 aromatic carbocycles. The van der Waals surface area contributed by atoms with Crippen LogP contribution in [0.25, 0.3) is 0 Å². The highest BCUT2D eigenvalue weighted by Crippen LogP contribution is 2.43. The molecule has 1 aliphatic rings. The monoisotopic (exact) mass is 192 g/mol. The summed E-state index contributed by atoms with van der Waals surface area (Å²) < 4.78 is 0. The number of hydrogen-bond donors (Lipinski definition) is 1. The quantitative estimate of drug-likeness (QED) is 0.779. The van der Waals surface area contributed by atoms with Crippen molar-refractivity contribution >= 4 is 0 Å². The summed E-state index contributed by atoms with van der Waals surface area (Å²) in [5.74, 6) is 1.92. The van der Waals surface area contributed by atoms with Crippen LogP contribution in [0, 0.1) is 0 Å². The van der Waals surface area contributed by atoms with Gasteiger partial charge in [0.05, 0.1) is 5.69 Å². The SMILES string of the molecule is CC(C)c1n[nH]c(C2CC2)c1C(C)C. The molecule has 1 fully saturated rings. The topological polar surface area (TPSA) is 28.7 Å². The standard InChI is InChI=1S/C12H20N2/c1-7(2)10-11(8(3)4)13-14-12(10)9-5-6-9/h7-9H,5-6H2,1-4H3,(H,13,14). The van der Waals surface area contributed by atoms with Gasteiger partial charge in [-0.3, -0.25) is 5.10 Å². The van der Waals surface area contributed by atoms with Crippen LogP contribution >= 0.6 is 0 Å². The summed E-state index contributed by atoms with van der Waals surface area (Å²) in [6.07, 6.45) is 2.69. The van der Waals surface area contributed by atoms with Gasteiger partial charge >= 0.3 is 0 Å². The van der Waals surface area contributed by atoms with Crippen molar-refractivity contribution in [1.29, 1.82) is 0 Å². The summed E-state index contributed by atoms with van der Waals surface area (Å²) in [5.41, 5.74) is 4.19. The fraction of sp³-hybridized carbons (Fsp3) is 0.750. The Balaban J connectivity index is 2.41. The van der Waals surface area contributed by atoms with Crippen LogP contribution < -0.4 is 0 Å². The Morgan fingerprint density at radius 1 is 1.14 bits per heavy atom. The normalized spacial score (nSPS) is 17.0. The van der Waals surface area contributed by atoms with E-state index in [1.807, 2.05) is 0 Å². The third-order valence-electron chi connectivity index (χ3n) is 2.97. The van der Waals surface area contributed by atoms with E-state index in [0.29, 0.717) is 11.8 Å². The molecule has 78 valence electrons. The van der Waals surface area contributed by atoms with Gasteiger partial charge in [0, 0.05) is 11.6 Å². The third kappa shape index (κ3) is 1.58. The van der Waals surface area contributed by atoms with Crippen molar-refractivity contribution < 1.29 is 0 Å².